The Morgan fingerprint density at radius 3 is 2.85 bits per heavy atom. The SMILES string of the molecule is COc1ccc2nc(-c3ccccc3CCN)[nH]c2c1. The molecular formula is C16H17N3O. The summed E-state index contributed by atoms with van der Waals surface area (Å²) in [6.07, 6.45) is 0.844. The summed E-state index contributed by atoms with van der Waals surface area (Å²) in [5, 5.41) is 0. The number of aromatic amines is 1. The average molecular weight is 267 g/mol. The van der Waals surface area contributed by atoms with Gasteiger partial charge in [-0.2, -0.15) is 0 Å². The standard InChI is InChI=1S/C16H17N3O/c1-20-12-6-7-14-15(10-12)19-16(18-14)13-5-3-2-4-11(13)8-9-17/h2-7,10H,8-9,17H2,1H3,(H,18,19). The van der Waals surface area contributed by atoms with Crippen molar-refractivity contribution in [3.63, 3.8) is 0 Å². The fourth-order valence-corrected chi connectivity index (χ4v) is 2.37. The molecule has 1 aromatic heterocycles. The monoisotopic (exact) mass is 267 g/mol. The molecule has 0 aliphatic rings. The van der Waals surface area contributed by atoms with Crippen molar-refractivity contribution < 1.29 is 4.74 Å². The number of fused-ring (bicyclic) bond motifs is 1. The fourth-order valence-electron chi connectivity index (χ4n) is 2.37. The lowest BCUT2D eigenvalue weighted by Crippen LogP contribution is -2.04. The van der Waals surface area contributed by atoms with E-state index in [9.17, 15) is 0 Å². The molecule has 0 fully saturated rings. The highest BCUT2D eigenvalue weighted by Gasteiger charge is 2.09. The highest BCUT2D eigenvalue weighted by molar-refractivity contribution is 5.81. The number of H-pyrrole nitrogens is 1. The number of ether oxygens (including phenoxy) is 1. The van der Waals surface area contributed by atoms with Gasteiger partial charge in [-0.05, 0) is 30.7 Å². The molecule has 3 aromatic rings. The molecule has 0 saturated carbocycles. The minimum Gasteiger partial charge on any atom is -0.497 e. The fraction of sp³-hybridized carbons (Fsp3) is 0.188. The maximum Gasteiger partial charge on any atom is 0.138 e. The number of hydrogen-bond donors (Lipinski definition) is 2. The van der Waals surface area contributed by atoms with Gasteiger partial charge in [-0.3, -0.25) is 0 Å². The van der Waals surface area contributed by atoms with Gasteiger partial charge in [0, 0.05) is 11.6 Å². The Labute approximate surface area is 117 Å². The number of rotatable bonds is 4. The van der Waals surface area contributed by atoms with E-state index in [1.54, 1.807) is 7.11 Å². The number of nitrogens with zero attached hydrogens (tertiary/aromatic N) is 1. The first kappa shape index (κ1) is 12.7. The van der Waals surface area contributed by atoms with E-state index < -0.39 is 0 Å². The summed E-state index contributed by atoms with van der Waals surface area (Å²) in [4.78, 5) is 8.00. The van der Waals surface area contributed by atoms with Crippen LogP contribution >= 0.6 is 0 Å². The predicted molar refractivity (Wildman–Crippen MR) is 80.8 cm³/mol. The Kier molecular flexibility index (Phi) is 3.39. The van der Waals surface area contributed by atoms with Crippen molar-refractivity contribution in [3.05, 3.63) is 48.0 Å². The van der Waals surface area contributed by atoms with Crippen LogP contribution in [0.5, 0.6) is 5.75 Å². The van der Waals surface area contributed by atoms with E-state index in [0.717, 1.165) is 34.6 Å². The van der Waals surface area contributed by atoms with Crippen LogP contribution in [0.25, 0.3) is 22.4 Å². The van der Waals surface area contributed by atoms with Crippen LogP contribution in [0.4, 0.5) is 0 Å². The second kappa shape index (κ2) is 5.35. The summed E-state index contributed by atoms with van der Waals surface area (Å²) in [5.41, 5.74) is 9.90. The molecule has 3 rings (SSSR count). The summed E-state index contributed by atoms with van der Waals surface area (Å²) in [6.45, 7) is 0.630. The maximum absolute atomic E-state index is 5.67. The molecule has 0 atom stereocenters. The second-order valence-corrected chi connectivity index (χ2v) is 4.66. The third-order valence-corrected chi connectivity index (χ3v) is 3.38. The van der Waals surface area contributed by atoms with Crippen LogP contribution in [0.2, 0.25) is 0 Å². The average Bonchev–Trinajstić information content (AvgIpc) is 2.90. The molecule has 0 aliphatic carbocycles. The predicted octanol–water partition coefficient (Wildman–Crippen LogP) is 2.74. The molecule has 0 bridgehead atoms. The van der Waals surface area contributed by atoms with E-state index in [1.165, 1.54) is 5.56 Å². The molecule has 3 N–H and O–H groups in total. The normalized spacial score (nSPS) is 10.9. The molecule has 1 heterocycles. The molecule has 4 nitrogen and oxygen atoms in total. The molecule has 0 saturated heterocycles. The molecular weight excluding hydrogens is 250 g/mol. The first-order valence-electron chi connectivity index (χ1n) is 6.64. The van der Waals surface area contributed by atoms with Gasteiger partial charge >= 0.3 is 0 Å². The van der Waals surface area contributed by atoms with Crippen LogP contribution < -0.4 is 10.5 Å². The summed E-state index contributed by atoms with van der Waals surface area (Å²) in [5.74, 6) is 1.69. The number of imidazole rings is 1. The zero-order valence-electron chi connectivity index (χ0n) is 11.4. The van der Waals surface area contributed by atoms with E-state index in [0.29, 0.717) is 6.54 Å². The van der Waals surface area contributed by atoms with Crippen molar-refractivity contribution >= 4 is 11.0 Å². The summed E-state index contributed by atoms with van der Waals surface area (Å²) < 4.78 is 5.24. The smallest absolute Gasteiger partial charge is 0.138 e. The van der Waals surface area contributed by atoms with Gasteiger partial charge in [-0.25, -0.2) is 4.98 Å². The zero-order valence-corrected chi connectivity index (χ0v) is 11.4. The topological polar surface area (TPSA) is 63.9 Å². The van der Waals surface area contributed by atoms with Gasteiger partial charge in [0.05, 0.1) is 18.1 Å². The van der Waals surface area contributed by atoms with Crippen molar-refractivity contribution in [2.24, 2.45) is 5.73 Å². The Bertz CT molecular complexity index is 733. The van der Waals surface area contributed by atoms with Gasteiger partial charge in [0.25, 0.3) is 0 Å². The summed E-state index contributed by atoms with van der Waals surface area (Å²) >= 11 is 0. The van der Waals surface area contributed by atoms with Crippen molar-refractivity contribution in [1.82, 2.24) is 9.97 Å². The quantitative estimate of drug-likeness (QED) is 0.764. The van der Waals surface area contributed by atoms with E-state index >= 15 is 0 Å². The molecule has 0 amide bonds. The Hall–Kier alpha value is -2.33. The van der Waals surface area contributed by atoms with Crippen LogP contribution in [-0.4, -0.2) is 23.6 Å². The lowest BCUT2D eigenvalue weighted by molar-refractivity contribution is 0.415. The first-order chi connectivity index (χ1) is 9.81. The molecule has 20 heavy (non-hydrogen) atoms. The van der Waals surface area contributed by atoms with Gasteiger partial charge in [-0.1, -0.05) is 24.3 Å². The lowest BCUT2D eigenvalue weighted by atomic mass is 10.0. The van der Waals surface area contributed by atoms with Crippen LogP contribution in [0.15, 0.2) is 42.5 Å². The minimum atomic E-state index is 0.630. The van der Waals surface area contributed by atoms with Crippen LogP contribution in [-0.2, 0) is 6.42 Å². The van der Waals surface area contributed by atoms with E-state index in [2.05, 4.69) is 22.1 Å². The molecule has 0 spiro atoms. The van der Waals surface area contributed by atoms with Crippen LogP contribution in [0, 0.1) is 0 Å². The van der Waals surface area contributed by atoms with E-state index in [4.69, 9.17) is 10.5 Å². The Balaban J connectivity index is 2.10. The third kappa shape index (κ3) is 2.26. The Morgan fingerprint density at radius 1 is 1.20 bits per heavy atom. The maximum atomic E-state index is 5.67. The van der Waals surface area contributed by atoms with Gasteiger partial charge in [-0.15, -0.1) is 0 Å². The second-order valence-electron chi connectivity index (χ2n) is 4.66. The van der Waals surface area contributed by atoms with Crippen molar-refractivity contribution in [2.75, 3.05) is 13.7 Å². The number of nitrogens with two attached hydrogens (primary N) is 1. The van der Waals surface area contributed by atoms with E-state index in [-0.39, 0.29) is 0 Å². The van der Waals surface area contributed by atoms with Gasteiger partial charge in [0.2, 0.25) is 0 Å². The third-order valence-electron chi connectivity index (χ3n) is 3.38. The van der Waals surface area contributed by atoms with Crippen molar-refractivity contribution in [2.45, 2.75) is 6.42 Å². The minimum absolute atomic E-state index is 0.630. The molecule has 4 heteroatoms. The van der Waals surface area contributed by atoms with Gasteiger partial charge < -0.3 is 15.5 Å². The number of hydrogen-bond acceptors (Lipinski definition) is 3. The Morgan fingerprint density at radius 2 is 2.05 bits per heavy atom. The molecule has 0 aliphatic heterocycles. The van der Waals surface area contributed by atoms with Crippen LogP contribution in [0.3, 0.4) is 0 Å². The zero-order chi connectivity index (χ0) is 13.9. The van der Waals surface area contributed by atoms with Crippen molar-refractivity contribution in [3.8, 4) is 17.1 Å². The molecule has 2 aromatic carbocycles. The molecule has 0 radical (unpaired) electrons. The largest absolute Gasteiger partial charge is 0.497 e. The van der Waals surface area contributed by atoms with Gasteiger partial charge in [0.1, 0.15) is 11.6 Å². The number of aromatic nitrogens is 2. The highest BCUT2D eigenvalue weighted by Crippen LogP contribution is 2.26. The van der Waals surface area contributed by atoms with E-state index in [1.807, 2.05) is 30.3 Å². The lowest BCUT2D eigenvalue weighted by Gasteiger charge is -2.05. The molecule has 0 unspecified atom stereocenters. The summed E-state index contributed by atoms with van der Waals surface area (Å²) in [7, 11) is 1.66. The number of benzene rings is 2. The van der Waals surface area contributed by atoms with Crippen LogP contribution in [0.1, 0.15) is 5.56 Å². The number of methoxy groups -OCH3 is 1. The highest BCUT2D eigenvalue weighted by atomic mass is 16.5. The summed E-state index contributed by atoms with van der Waals surface area (Å²) in [6, 6.07) is 14.0. The first-order valence-corrected chi connectivity index (χ1v) is 6.64. The number of nitrogens with one attached hydrogen (secondary N) is 1. The molecule has 102 valence electrons. The van der Waals surface area contributed by atoms with Crippen molar-refractivity contribution in [1.29, 1.82) is 0 Å². The van der Waals surface area contributed by atoms with Gasteiger partial charge in [0.15, 0.2) is 0 Å².